The van der Waals surface area contributed by atoms with Gasteiger partial charge in [-0.05, 0) is 38.0 Å². The van der Waals surface area contributed by atoms with Gasteiger partial charge in [0.05, 0.1) is 6.04 Å². The van der Waals surface area contributed by atoms with E-state index in [1.165, 1.54) is 6.07 Å². The molecule has 0 bridgehead atoms. The summed E-state index contributed by atoms with van der Waals surface area (Å²) in [6.07, 6.45) is 0.523. The molecular weight excluding hydrogens is 247 g/mol. The largest absolute Gasteiger partial charge is 0.351 e. The summed E-state index contributed by atoms with van der Waals surface area (Å²) < 4.78 is 24.4. The summed E-state index contributed by atoms with van der Waals surface area (Å²) in [5.74, 6) is -0.214. The smallest absolute Gasteiger partial charge is 0.174 e. The van der Waals surface area contributed by atoms with Gasteiger partial charge in [0.25, 0.3) is 0 Å². The summed E-state index contributed by atoms with van der Waals surface area (Å²) in [5.41, 5.74) is 7.27. The van der Waals surface area contributed by atoms with Crippen molar-refractivity contribution in [3.63, 3.8) is 0 Å². The number of hydrazine groups is 1. The molecule has 2 N–H and O–H groups in total. The first kappa shape index (κ1) is 14.4. The van der Waals surface area contributed by atoms with Crippen molar-refractivity contribution in [1.82, 2.24) is 10.9 Å². The van der Waals surface area contributed by atoms with E-state index in [2.05, 4.69) is 10.9 Å². The monoisotopic (exact) mass is 268 g/mol. The lowest BCUT2D eigenvalue weighted by Crippen LogP contribution is -2.42. The average Bonchev–Trinajstić information content (AvgIpc) is 2.88. The Balaban J connectivity index is 1.98. The van der Waals surface area contributed by atoms with Gasteiger partial charge in [-0.25, -0.2) is 15.2 Å². The number of halogens is 1. The maximum absolute atomic E-state index is 13.2. The van der Waals surface area contributed by atoms with E-state index >= 15 is 0 Å². The van der Waals surface area contributed by atoms with Crippen LogP contribution in [0.4, 0.5) is 4.39 Å². The highest BCUT2D eigenvalue weighted by Gasteiger charge is 2.32. The van der Waals surface area contributed by atoms with Crippen LogP contribution in [0.15, 0.2) is 24.3 Å². The lowest BCUT2D eigenvalue weighted by atomic mass is 10.0. The second-order valence-corrected chi connectivity index (χ2v) is 4.52. The van der Waals surface area contributed by atoms with Crippen LogP contribution in [-0.4, -0.2) is 25.5 Å². The van der Waals surface area contributed by atoms with E-state index in [9.17, 15) is 4.39 Å². The Morgan fingerprint density at radius 3 is 2.63 bits per heavy atom. The summed E-state index contributed by atoms with van der Waals surface area (Å²) in [6.45, 7) is 5.10. The molecule has 2 unspecified atom stereocenters. The van der Waals surface area contributed by atoms with E-state index in [1.54, 1.807) is 12.1 Å². The highest BCUT2D eigenvalue weighted by Crippen LogP contribution is 2.25. The number of rotatable bonds is 6. The molecule has 1 fully saturated rings. The number of hydrogen-bond acceptors (Lipinski definition) is 4. The van der Waals surface area contributed by atoms with E-state index in [4.69, 9.17) is 9.47 Å². The van der Waals surface area contributed by atoms with Gasteiger partial charge in [-0.15, -0.1) is 0 Å². The molecule has 106 valence electrons. The maximum Gasteiger partial charge on any atom is 0.174 e. The SMILES string of the molecule is CCOC(OCC)C1CC(c2cccc(F)c2)NN1. The van der Waals surface area contributed by atoms with Crippen molar-refractivity contribution in [2.75, 3.05) is 13.2 Å². The number of benzene rings is 1. The van der Waals surface area contributed by atoms with E-state index < -0.39 is 0 Å². The Morgan fingerprint density at radius 1 is 1.26 bits per heavy atom. The third-order valence-electron chi connectivity index (χ3n) is 3.17. The van der Waals surface area contributed by atoms with Crippen LogP contribution < -0.4 is 10.9 Å². The fraction of sp³-hybridized carbons (Fsp3) is 0.571. The zero-order valence-electron chi connectivity index (χ0n) is 11.4. The molecule has 0 spiro atoms. The molecule has 1 aliphatic heterocycles. The van der Waals surface area contributed by atoms with Crippen LogP contribution in [-0.2, 0) is 9.47 Å². The van der Waals surface area contributed by atoms with Crippen molar-refractivity contribution >= 4 is 0 Å². The molecule has 19 heavy (non-hydrogen) atoms. The highest BCUT2D eigenvalue weighted by molar-refractivity contribution is 5.21. The van der Waals surface area contributed by atoms with E-state index in [1.807, 2.05) is 19.9 Å². The van der Waals surface area contributed by atoms with Crippen molar-refractivity contribution in [3.05, 3.63) is 35.6 Å². The summed E-state index contributed by atoms with van der Waals surface area (Å²) >= 11 is 0. The van der Waals surface area contributed by atoms with Gasteiger partial charge >= 0.3 is 0 Å². The van der Waals surface area contributed by atoms with Crippen LogP contribution in [0.2, 0.25) is 0 Å². The van der Waals surface area contributed by atoms with Gasteiger partial charge in [-0.1, -0.05) is 12.1 Å². The number of hydrogen-bond donors (Lipinski definition) is 2. The van der Waals surface area contributed by atoms with Gasteiger partial charge in [0.2, 0.25) is 0 Å². The lowest BCUT2D eigenvalue weighted by Gasteiger charge is -2.22. The lowest BCUT2D eigenvalue weighted by molar-refractivity contribution is -0.152. The second-order valence-electron chi connectivity index (χ2n) is 4.52. The standard InChI is InChI=1S/C14H21FN2O2/c1-3-18-14(19-4-2)13-9-12(16-17-13)10-6-5-7-11(15)8-10/h5-8,12-14,16-17H,3-4,9H2,1-2H3. The fourth-order valence-corrected chi connectivity index (χ4v) is 2.31. The van der Waals surface area contributed by atoms with E-state index in [0.29, 0.717) is 13.2 Å². The quantitative estimate of drug-likeness (QED) is 0.776. The molecule has 2 rings (SSSR count). The predicted molar refractivity (Wildman–Crippen MR) is 70.9 cm³/mol. The molecule has 0 aliphatic carbocycles. The normalized spacial score (nSPS) is 23.2. The molecule has 0 radical (unpaired) electrons. The molecule has 2 atom stereocenters. The average molecular weight is 268 g/mol. The van der Waals surface area contributed by atoms with E-state index in [-0.39, 0.29) is 24.2 Å². The first-order valence-electron chi connectivity index (χ1n) is 6.74. The summed E-state index contributed by atoms with van der Waals surface area (Å²) in [6, 6.07) is 6.78. The number of ether oxygens (including phenoxy) is 2. The molecule has 4 nitrogen and oxygen atoms in total. The van der Waals surface area contributed by atoms with Gasteiger partial charge in [-0.3, -0.25) is 0 Å². The second kappa shape index (κ2) is 6.96. The van der Waals surface area contributed by atoms with Crippen LogP contribution >= 0.6 is 0 Å². The molecule has 1 aromatic rings. The molecule has 1 aliphatic rings. The third-order valence-corrected chi connectivity index (χ3v) is 3.17. The summed E-state index contributed by atoms with van der Waals surface area (Å²) in [5, 5.41) is 0. The Bertz CT molecular complexity index is 397. The molecule has 0 aromatic heterocycles. The molecule has 0 amide bonds. The topological polar surface area (TPSA) is 42.5 Å². The van der Waals surface area contributed by atoms with Gasteiger partial charge in [0, 0.05) is 19.3 Å². The first-order chi connectivity index (χ1) is 9.24. The Kier molecular flexibility index (Phi) is 5.27. The summed E-state index contributed by atoms with van der Waals surface area (Å²) in [4.78, 5) is 0. The fourth-order valence-electron chi connectivity index (χ4n) is 2.31. The van der Waals surface area contributed by atoms with Gasteiger partial charge in [-0.2, -0.15) is 0 Å². The molecule has 1 heterocycles. The van der Waals surface area contributed by atoms with Crippen LogP contribution in [0.25, 0.3) is 0 Å². The van der Waals surface area contributed by atoms with Crippen molar-refractivity contribution in [3.8, 4) is 0 Å². The van der Waals surface area contributed by atoms with Gasteiger partial charge < -0.3 is 9.47 Å². The van der Waals surface area contributed by atoms with Crippen LogP contribution in [0.1, 0.15) is 31.9 Å². The molecule has 1 aromatic carbocycles. The molecule has 5 heteroatoms. The highest BCUT2D eigenvalue weighted by atomic mass is 19.1. The third kappa shape index (κ3) is 3.73. The minimum absolute atomic E-state index is 0.0631. The van der Waals surface area contributed by atoms with Crippen LogP contribution in [0.5, 0.6) is 0 Å². The molecule has 1 saturated heterocycles. The minimum atomic E-state index is -0.277. The zero-order chi connectivity index (χ0) is 13.7. The van der Waals surface area contributed by atoms with Crippen LogP contribution in [0, 0.1) is 5.82 Å². The first-order valence-corrected chi connectivity index (χ1v) is 6.74. The zero-order valence-corrected chi connectivity index (χ0v) is 11.4. The maximum atomic E-state index is 13.2. The van der Waals surface area contributed by atoms with Crippen molar-refractivity contribution in [1.29, 1.82) is 0 Å². The van der Waals surface area contributed by atoms with E-state index in [0.717, 1.165) is 12.0 Å². The van der Waals surface area contributed by atoms with Gasteiger partial charge in [0.1, 0.15) is 5.82 Å². The van der Waals surface area contributed by atoms with Crippen molar-refractivity contribution in [2.45, 2.75) is 38.6 Å². The van der Waals surface area contributed by atoms with Crippen LogP contribution in [0.3, 0.4) is 0 Å². The summed E-state index contributed by atoms with van der Waals surface area (Å²) in [7, 11) is 0. The van der Waals surface area contributed by atoms with Crippen molar-refractivity contribution < 1.29 is 13.9 Å². The molecule has 0 saturated carbocycles. The molecular formula is C14H21FN2O2. The van der Waals surface area contributed by atoms with Gasteiger partial charge in [0.15, 0.2) is 6.29 Å². The van der Waals surface area contributed by atoms with Crippen molar-refractivity contribution in [2.24, 2.45) is 0 Å². The Morgan fingerprint density at radius 2 is 2.00 bits per heavy atom. The Labute approximate surface area is 113 Å². The minimum Gasteiger partial charge on any atom is -0.351 e. The Hall–Kier alpha value is -1.01. The number of nitrogens with one attached hydrogen (secondary N) is 2. The predicted octanol–water partition coefficient (Wildman–Crippen LogP) is 2.13.